The average Bonchev–Trinajstić information content (AvgIpc) is 2.42. The highest BCUT2D eigenvalue weighted by molar-refractivity contribution is 9.10. The first kappa shape index (κ1) is 9.55. The van der Waals surface area contributed by atoms with Crippen LogP contribution >= 0.6 is 27.7 Å². The van der Waals surface area contributed by atoms with Gasteiger partial charge in [-0.1, -0.05) is 0 Å². The monoisotopic (exact) mass is 261 g/mol. The van der Waals surface area contributed by atoms with Gasteiger partial charge < -0.3 is 5.32 Å². The number of nitrogens with one attached hydrogen (secondary N) is 1. The fourth-order valence-electron chi connectivity index (χ4n) is 1.20. The summed E-state index contributed by atoms with van der Waals surface area (Å²) >= 11 is 5.37. The third kappa shape index (κ3) is 2.72. The Labute approximate surface area is 90.4 Å². The van der Waals surface area contributed by atoms with Crippen molar-refractivity contribution in [3.05, 3.63) is 16.9 Å². The lowest BCUT2D eigenvalue weighted by Gasteiger charge is -2.25. The molecular formula is C8H12BrN3S. The molecule has 1 aliphatic heterocycles. The number of hydrogen-bond acceptors (Lipinski definition) is 3. The Kier molecular flexibility index (Phi) is 3.29. The summed E-state index contributed by atoms with van der Waals surface area (Å²) in [5.74, 6) is 2.53. The Morgan fingerprint density at radius 2 is 2.54 bits per heavy atom. The summed E-state index contributed by atoms with van der Waals surface area (Å²) in [5.41, 5.74) is 0. The van der Waals surface area contributed by atoms with Gasteiger partial charge in [0.15, 0.2) is 0 Å². The predicted octanol–water partition coefficient (Wildman–Crippen LogP) is 1.35. The molecule has 1 N–H and O–H groups in total. The molecule has 0 unspecified atom stereocenters. The van der Waals surface area contributed by atoms with Gasteiger partial charge in [0, 0.05) is 30.3 Å². The van der Waals surface area contributed by atoms with E-state index < -0.39 is 0 Å². The molecule has 13 heavy (non-hydrogen) atoms. The minimum absolute atomic E-state index is 0.740. The van der Waals surface area contributed by atoms with Crippen molar-refractivity contribution in [1.82, 2.24) is 15.1 Å². The summed E-state index contributed by atoms with van der Waals surface area (Å²) in [4.78, 5) is 0. The van der Waals surface area contributed by atoms with Crippen LogP contribution in [-0.4, -0.2) is 33.9 Å². The second-order valence-electron chi connectivity index (χ2n) is 3.11. The Bertz CT molecular complexity index is 272. The number of nitrogens with zero attached hydrogens (tertiary/aromatic N) is 2. The van der Waals surface area contributed by atoms with E-state index in [2.05, 4.69) is 26.3 Å². The fraction of sp³-hybridized carbons (Fsp3) is 0.625. The van der Waals surface area contributed by atoms with Crippen LogP contribution in [0.25, 0.3) is 0 Å². The molecule has 5 heteroatoms. The normalized spacial score (nSPS) is 17.3. The maximum atomic E-state index is 4.18. The molecule has 0 aliphatic carbocycles. The molecule has 2 heterocycles. The molecule has 1 saturated heterocycles. The molecule has 0 atom stereocenters. The molecule has 72 valence electrons. The fourth-order valence-corrected chi connectivity index (χ4v) is 2.23. The maximum Gasteiger partial charge on any atom is 0.0632 e. The molecule has 1 aromatic rings. The SMILES string of the molecule is Brc1cnn(CCNC2CSC2)c1. The van der Waals surface area contributed by atoms with E-state index in [9.17, 15) is 0 Å². The molecular weight excluding hydrogens is 250 g/mol. The van der Waals surface area contributed by atoms with E-state index in [0.29, 0.717) is 0 Å². The van der Waals surface area contributed by atoms with Crippen molar-refractivity contribution in [3.8, 4) is 0 Å². The highest BCUT2D eigenvalue weighted by Crippen LogP contribution is 2.16. The van der Waals surface area contributed by atoms with Crippen LogP contribution in [0.1, 0.15) is 0 Å². The predicted molar refractivity (Wildman–Crippen MR) is 59.0 cm³/mol. The summed E-state index contributed by atoms with van der Waals surface area (Å²) < 4.78 is 3.00. The second kappa shape index (κ2) is 4.48. The van der Waals surface area contributed by atoms with Crippen molar-refractivity contribution in [2.24, 2.45) is 0 Å². The molecule has 0 spiro atoms. The molecule has 1 aliphatic rings. The lowest BCUT2D eigenvalue weighted by Crippen LogP contribution is -2.41. The lowest BCUT2D eigenvalue weighted by molar-refractivity contribution is 0.513. The van der Waals surface area contributed by atoms with Crippen LogP contribution < -0.4 is 5.32 Å². The van der Waals surface area contributed by atoms with E-state index in [1.165, 1.54) is 11.5 Å². The topological polar surface area (TPSA) is 29.9 Å². The van der Waals surface area contributed by atoms with E-state index >= 15 is 0 Å². The van der Waals surface area contributed by atoms with E-state index in [-0.39, 0.29) is 0 Å². The molecule has 1 fully saturated rings. The van der Waals surface area contributed by atoms with Gasteiger partial charge in [0.1, 0.15) is 0 Å². The van der Waals surface area contributed by atoms with Gasteiger partial charge in [0.05, 0.1) is 17.2 Å². The molecule has 0 aromatic carbocycles. The van der Waals surface area contributed by atoms with Gasteiger partial charge >= 0.3 is 0 Å². The lowest BCUT2D eigenvalue weighted by atomic mass is 10.3. The minimum Gasteiger partial charge on any atom is -0.310 e. The standard InChI is InChI=1S/C8H12BrN3S/c9-7-3-11-12(4-7)2-1-10-8-5-13-6-8/h3-4,8,10H,1-2,5-6H2. The van der Waals surface area contributed by atoms with E-state index in [1.807, 2.05) is 28.8 Å². The van der Waals surface area contributed by atoms with Crippen molar-refractivity contribution in [1.29, 1.82) is 0 Å². The Morgan fingerprint density at radius 3 is 3.08 bits per heavy atom. The summed E-state index contributed by atoms with van der Waals surface area (Å²) in [6.45, 7) is 1.96. The van der Waals surface area contributed by atoms with Crippen molar-refractivity contribution >= 4 is 27.7 Å². The molecule has 3 nitrogen and oxygen atoms in total. The van der Waals surface area contributed by atoms with Crippen LogP contribution in [0, 0.1) is 0 Å². The van der Waals surface area contributed by atoms with Gasteiger partial charge in [0.25, 0.3) is 0 Å². The Balaban J connectivity index is 1.67. The van der Waals surface area contributed by atoms with E-state index in [4.69, 9.17) is 0 Å². The van der Waals surface area contributed by atoms with Crippen LogP contribution in [0.5, 0.6) is 0 Å². The summed E-state index contributed by atoms with van der Waals surface area (Å²) in [6, 6.07) is 0.740. The number of thioether (sulfide) groups is 1. The molecule has 0 radical (unpaired) electrons. The van der Waals surface area contributed by atoms with Crippen LogP contribution in [0.2, 0.25) is 0 Å². The van der Waals surface area contributed by atoms with Crippen molar-refractivity contribution in [2.45, 2.75) is 12.6 Å². The molecule has 0 saturated carbocycles. The highest BCUT2D eigenvalue weighted by Gasteiger charge is 2.16. The van der Waals surface area contributed by atoms with E-state index in [0.717, 1.165) is 23.6 Å². The number of rotatable bonds is 4. The largest absolute Gasteiger partial charge is 0.310 e. The van der Waals surface area contributed by atoms with Crippen LogP contribution in [-0.2, 0) is 6.54 Å². The molecule has 1 aromatic heterocycles. The van der Waals surface area contributed by atoms with Crippen molar-refractivity contribution < 1.29 is 0 Å². The zero-order valence-electron chi connectivity index (χ0n) is 7.24. The van der Waals surface area contributed by atoms with Crippen LogP contribution in [0.4, 0.5) is 0 Å². The van der Waals surface area contributed by atoms with Gasteiger partial charge in [-0.05, 0) is 15.9 Å². The third-order valence-electron chi connectivity index (χ3n) is 2.01. The number of hydrogen-bond donors (Lipinski definition) is 1. The van der Waals surface area contributed by atoms with E-state index in [1.54, 1.807) is 0 Å². The van der Waals surface area contributed by atoms with Gasteiger partial charge in [0.2, 0.25) is 0 Å². The average molecular weight is 262 g/mol. The zero-order valence-corrected chi connectivity index (χ0v) is 9.64. The molecule has 0 amide bonds. The van der Waals surface area contributed by atoms with Gasteiger partial charge in [-0.25, -0.2) is 0 Å². The Hall–Kier alpha value is -0.0000000000000000833. The first-order valence-electron chi connectivity index (χ1n) is 4.34. The van der Waals surface area contributed by atoms with Crippen molar-refractivity contribution in [3.63, 3.8) is 0 Å². The minimum atomic E-state index is 0.740. The first-order valence-corrected chi connectivity index (χ1v) is 6.28. The highest BCUT2D eigenvalue weighted by atomic mass is 79.9. The van der Waals surface area contributed by atoms with Gasteiger partial charge in [-0.3, -0.25) is 4.68 Å². The van der Waals surface area contributed by atoms with Gasteiger partial charge in [-0.15, -0.1) is 0 Å². The first-order chi connectivity index (χ1) is 6.34. The van der Waals surface area contributed by atoms with Gasteiger partial charge in [-0.2, -0.15) is 16.9 Å². The summed E-state index contributed by atoms with van der Waals surface area (Å²) in [6.07, 6.45) is 3.82. The quantitative estimate of drug-likeness (QED) is 0.888. The number of aromatic nitrogens is 2. The van der Waals surface area contributed by atoms with Crippen LogP contribution in [0.15, 0.2) is 16.9 Å². The molecule has 2 rings (SSSR count). The zero-order chi connectivity index (χ0) is 9.10. The third-order valence-corrected chi connectivity index (χ3v) is 3.70. The maximum absolute atomic E-state index is 4.18. The summed E-state index contributed by atoms with van der Waals surface area (Å²) in [7, 11) is 0. The second-order valence-corrected chi connectivity index (χ2v) is 5.10. The number of halogens is 1. The Morgan fingerprint density at radius 1 is 1.69 bits per heavy atom. The van der Waals surface area contributed by atoms with Crippen LogP contribution in [0.3, 0.4) is 0 Å². The smallest absolute Gasteiger partial charge is 0.0632 e. The molecule has 0 bridgehead atoms. The summed E-state index contributed by atoms with van der Waals surface area (Å²) in [5, 5.41) is 7.66. The van der Waals surface area contributed by atoms with Crippen molar-refractivity contribution in [2.75, 3.05) is 18.1 Å².